The monoisotopic (exact) mass is 260 g/mol. The summed E-state index contributed by atoms with van der Waals surface area (Å²) in [5, 5.41) is 6.25. The number of benzene rings is 1. The van der Waals surface area contributed by atoms with Gasteiger partial charge in [-0.1, -0.05) is 39.3 Å². The van der Waals surface area contributed by atoms with Gasteiger partial charge in [0.1, 0.15) is 0 Å². The first kappa shape index (κ1) is 14.1. The third-order valence-corrected chi connectivity index (χ3v) is 3.65. The normalized spacial score (nSPS) is 20.1. The molecular formula is C16H24N2O. The van der Waals surface area contributed by atoms with E-state index in [0.29, 0.717) is 0 Å². The lowest BCUT2D eigenvalue weighted by Gasteiger charge is -2.23. The van der Waals surface area contributed by atoms with Gasteiger partial charge in [0.25, 0.3) is 0 Å². The van der Waals surface area contributed by atoms with Gasteiger partial charge in [-0.15, -0.1) is 0 Å². The number of hydrogen-bond donors (Lipinski definition) is 2. The van der Waals surface area contributed by atoms with Crippen LogP contribution in [0.3, 0.4) is 0 Å². The Labute approximate surface area is 115 Å². The molecular weight excluding hydrogens is 236 g/mol. The molecule has 1 amide bonds. The summed E-state index contributed by atoms with van der Waals surface area (Å²) in [5.74, 6) is 0.0863. The van der Waals surface area contributed by atoms with Crippen molar-refractivity contribution < 1.29 is 4.79 Å². The SMILES string of the molecule is CC(C)(C)c1ccc(NC(=O)[C@H]2CCCCN2)cc1. The third kappa shape index (κ3) is 3.80. The van der Waals surface area contributed by atoms with Crippen LogP contribution in [-0.2, 0) is 10.2 Å². The molecule has 1 fully saturated rings. The highest BCUT2D eigenvalue weighted by atomic mass is 16.2. The van der Waals surface area contributed by atoms with E-state index in [1.165, 1.54) is 12.0 Å². The summed E-state index contributed by atoms with van der Waals surface area (Å²) in [7, 11) is 0. The summed E-state index contributed by atoms with van der Waals surface area (Å²) >= 11 is 0. The predicted molar refractivity (Wildman–Crippen MR) is 79.4 cm³/mol. The van der Waals surface area contributed by atoms with Gasteiger partial charge >= 0.3 is 0 Å². The Morgan fingerprint density at radius 1 is 1.21 bits per heavy atom. The molecule has 1 heterocycles. The van der Waals surface area contributed by atoms with E-state index in [1.54, 1.807) is 0 Å². The summed E-state index contributed by atoms with van der Waals surface area (Å²) < 4.78 is 0. The first-order valence-corrected chi connectivity index (χ1v) is 7.11. The first-order chi connectivity index (χ1) is 8.97. The molecule has 0 saturated carbocycles. The number of amides is 1. The van der Waals surface area contributed by atoms with Crippen LogP contribution in [0.25, 0.3) is 0 Å². The van der Waals surface area contributed by atoms with E-state index in [1.807, 2.05) is 12.1 Å². The molecule has 3 nitrogen and oxygen atoms in total. The highest BCUT2D eigenvalue weighted by Crippen LogP contribution is 2.23. The summed E-state index contributed by atoms with van der Waals surface area (Å²) in [6.07, 6.45) is 3.24. The molecule has 19 heavy (non-hydrogen) atoms. The van der Waals surface area contributed by atoms with Crippen molar-refractivity contribution in [2.75, 3.05) is 11.9 Å². The quantitative estimate of drug-likeness (QED) is 0.858. The summed E-state index contributed by atoms with van der Waals surface area (Å²) in [4.78, 5) is 12.1. The lowest BCUT2D eigenvalue weighted by atomic mass is 9.87. The van der Waals surface area contributed by atoms with Gasteiger partial charge in [0.05, 0.1) is 6.04 Å². The number of carbonyl (C=O) groups is 1. The van der Waals surface area contributed by atoms with Gasteiger partial charge in [-0.2, -0.15) is 0 Å². The van der Waals surface area contributed by atoms with Gasteiger partial charge in [-0.05, 0) is 42.5 Å². The summed E-state index contributed by atoms with van der Waals surface area (Å²) in [6.45, 7) is 7.51. The molecule has 1 aliphatic heterocycles. The van der Waals surface area contributed by atoms with Crippen molar-refractivity contribution in [2.45, 2.75) is 51.5 Å². The number of nitrogens with one attached hydrogen (secondary N) is 2. The van der Waals surface area contributed by atoms with Crippen molar-refractivity contribution >= 4 is 11.6 Å². The minimum absolute atomic E-state index is 0.0314. The summed E-state index contributed by atoms with van der Waals surface area (Å²) in [5.41, 5.74) is 2.31. The fourth-order valence-corrected chi connectivity index (χ4v) is 2.36. The Kier molecular flexibility index (Phi) is 4.25. The highest BCUT2D eigenvalue weighted by Gasteiger charge is 2.20. The second-order valence-corrected chi connectivity index (χ2v) is 6.32. The second kappa shape index (κ2) is 5.74. The molecule has 0 unspecified atom stereocenters. The van der Waals surface area contributed by atoms with Gasteiger partial charge in [-0.25, -0.2) is 0 Å². The van der Waals surface area contributed by atoms with Gasteiger partial charge < -0.3 is 10.6 Å². The van der Waals surface area contributed by atoms with E-state index < -0.39 is 0 Å². The van der Waals surface area contributed by atoms with Crippen molar-refractivity contribution in [1.82, 2.24) is 5.32 Å². The molecule has 1 saturated heterocycles. The molecule has 0 spiro atoms. The van der Waals surface area contributed by atoms with Crippen molar-refractivity contribution in [1.29, 1.82) is 0 Å². The lowest BCUT2D eigenvalue weighted by molar-refractivity contribution is -0.118. The largest absolute Gasteiger partial charge is 0.325 e. The predicted octanol–water partition coefficient (Wildman–Crippen LogP) is 3.06. The number of anilines is 1. The van der Waals surface area contributed by atoms with Crippen LogP contribution in [-0.4, -0.2) is 18.5 Å². The number of hydrogen-bond acceptors (Lipinski definition) is 2. The molecule has 0 aliphatic carbocycles. The van der Waals surface area contributed by atoms with Crippen LogP contribution in [0.5, 0.6) is 0 Å². The molecule has 1 aromatic carbocycles. The Hall–Kier alpha value is -1.35. The van der Waals surface area contributed by atoms with E-state index in [2.05, 4.69) is 43.5 Å². The van der Waals surface area contributed by atoms with Crippen LogP contribution in [0, 0.1) is 0 Å². The minimum Gasteiger partial charge on any atom is -0.325 e. The van der Waals surface area contributed by atoms with Crippen LogP contribution >= 0.6 is 0 Å². The average molecular weight is 260 g/mol. The lowest BCUT2D eigenvalue weighted by Crippen LogP contribution is -2.43. The fraction of sp³-hybridized carbons (Fsp3) is 0.562. The van der Waals surface area contributed by atoms with E-state index in [0.717, 1.165) is 25.1 Å². The molecule has 1 aliphatic rings. The minimum atomic E-state index is -0.0314. The zero-order valence-electron chi connectivity index (χ0n) is 12.1. The van der Waals surface area contributed by atoms with Crippen molar-refractivity contribution in [3.63, 3.8) is 0 Å². The maximum absolute atomic E-state index is 12.1. The Balaban J connectivity index is 1.97. The Morgan fingerprint density at radius 2 is 1.89 bits per heavy atom. The van der Waals surface area contributed by atoms with Crippen LogP contribution in [0.15, 0.2) is 24.3 Å². The van der Waals surface area contributed by atoms with Crippen LogP contribution in [0.4, 0.5) is 5.69 Å². The maximum atomic E-state index is 12.1. The van der Waals surface area contributed by atoms with Crippen LogP contribution < -0.4 is 10.6 Å². The second-order valence-electron chi connectivity index (χ2n) is 6.32. The van der Waals surface area contributed by atoms with E-state index in [-0.39, 0.29) is 17.4 Å². The maximum Gasteiger partial charge on any atom is 0.241 e. The molecule has 104 valence electrons. The first-order valence-electron chi connectivity index (χ1n) is 7.11. The molecule has 1 atom stereocenters. The van der Waals surface area contributed by atoms with Gasteiger partial charge in [0.2, 0.25) is 5.91 Å². The molecule has 3 heteroatoms. The van der Waals surface area contributed by atoms with E-state index in [9.17, 15) is 4.79 Å². The van der Waals surface area contributed by atoms with E-state index >= 15 is 0 Å². The topological polar surface area (TPSA) is 41.1 Å². The molecule has 2 N–H and O–H groups in total. The highest BCUT2D eigenvalue weighted by molar-refractivity contribution is 5.94. The molecule has 2 rings (SSSR count). The number of carbonyl (C=O) groups excluding carboxylic acids is 1. The Morgan fingerprint density at radius 3 is 2.42 bits per heavy atom. The molecule has 0 bridgehead atoms. The standard InChI is InChI=1S/C16H24N2O/c1-16(2,3)12-7-9-13(10-8-12)18-15(19)14-6-4-5-11-17-14/h7-10,14,17H,4-6,11H2,1-3H3,(H,18,19)/t14-/m1/s1. The van der Waals surface area contributed by atoms with Crippen molar-refractivity contribution in [3.8, 4) is 0 Å². The van der Waals surface area contributed by atoms with Gasteiger partial charge in [0, 0.05) is 5.69 Å². The smallest absolute Gasteiger partial charge is 0.241 e. The van der Waals surface area contributed by atoms with Crippen molar-refractivity contribution in [2.24, 2.45) is 0 Å². The molecule has 0 radical (unpaired) electrons. The number of rotatable bonds is 2. The fourth-order valence-electron chi connectivity index (χ4n) is 2.36. The number of piperidine rings is 1. The van der Waals surface area contributed by atoms with Crippen molar-refractivity contribution in [3.05, 3.63) is 29.8 Å². The van der Waals surface area contributed by atoms with E-state index in [4.69, 9.17) is 0 Å². The molecule has 0 aromatic heterocycles. The summed E-state index contributed by atoms with van der Waals surface area (Å²) in [6, 6.07) is 8.12. The van der Waals surface area contributed by atoms with Crippen LogP contribution in [0.2, 0.25) is 0 Å². The van der Waals surface area contributed by atoms with Gasteiger partial charge in [-0.3, -0.25) is 4.79 Å². The van der Waals surface area contributed by atoms with Crippen LogP contribution in [0.1, 0.15) is 45.6 Å². The third-order valence-electron chi connectivity index (χ3n) is 3.65. The Bertz CT molecular complexity index is 425. The average Bonchev–Trinajstić information content (AvgIpc) is 2.39. The molecule has 1 aromatic rings. The zero-order valence-corrected chi connectivity index (χ0v) is 12.1. The van der Waals surface area contributed by atoms with Gasteiger partial charge in [0.15, 0.2) is 0 Å². The zero-order chi connectivity index (χ0) is 13.9.